The first-order chi connectivity index (χ1) is 9.36. The van der Waals surface area contributed by atoms with Crippen molar-refractivity contribution in [2.45, 2.75) is 25.7 Å². The average Bonchev–Trinajstić information content (AvgIpc) is 2.28. The summed E-state index contributed by atoms with van der Waals surface area (Å²) in [6, 6.07) is 2.28. The zero-order valence-corrected chi connectivity index (χ0v) is 14.5. The van der Waals surface area contributed by atoms with Crippen LogP contribution in [0.3, 0.4) is 0 Å². The lowest BCUT2D eigenvalue weighted by molar-refractivity contribution is 0.0697. The van der Waals surface area contributed by atoms with Gasteiger partial charge in [-0.2, -0.15) is 0 Å². The van der Waals surface area contributed by atoms with Crippen LogP contribution in [0.15, 0.2) is 17.0 Å². The Labute approximate surface area is 134 Å². The van der Waals surface area contributed by atoms with E-state index in [9.17, 15) is 13.2 Å². The topological polar surface area (TPSA) is 74.7 Å². The molecule has 0 spiro atoms. The van der Waals surface area contributed by atoms with Gasteiger partial charge in [0.2, 0.25) is 10.0 Å². The van der Waals surface area contributed by atoms with E-state index in [4.69, 9.17) is 28.3 Å². The molecule has 118 valence electrons. The molecule has 0 bridgehead atoms. The number of aromatic carboxylic acids is 1. The van der Waals surface area contributed by atoms with Crippen molar-refractivity contribution < 1.29 is 18.3 Å². The molecule has 0 aliphatic rings. The molecule has 0 heterocycles. The van der Waals surface area contributed by atoms with Crippen molar-refractivity contribution in [2.75, 3.05) is 13.6 Å². The molecular weight excluding hydrogens is 337 g/mol. The van der Waals surface area contributed by atoms with E-state index in [2.05, 4.69) is 0 Å². The Morgan fingerprint density at radius 3 is 2.24 bits per heavy atom. The molecule has 21 heavy (non-hydrogen) atoms. The van der Waals surface area contributed by atoms with Crippen molar-refractivity contribution in [1.82, 2.24) is 4.31 Å². The van der Waals surface area contributed by atoms with Crippen LogP contribution in [-0.4, -0.2) is 37.4 Å². The monoisotopic (exact) mass is 353 g/mol. The SMILES string of the molecule is CN(CC(C)(C)C)S(=O)(=O)c1cc(Cl)cc(C(=O)O)c1Cl. The van der Waals surface area contributed by atoms with Gasteiger partial charge < -0.3 is 5.11 Å². The van der Waals surface area contributed by atoms with Crippen molar-refractivity contribution in [2.24, 2.45) is 5.41 Å². The van der Waals surface area contributed by atoms with Gasteiger partial charge in [0.25, 0.3) is 0 Å². The van der Waals surface area contributed by atoms with E-state index in [1.807, 2.05) is 20.8 Å². The average molecular weight is 354 g/mol. The molecule has 0 aromatic heterocycles. The van der Waals surface area contributed by atoms with Crippen LogP contribution in [-0.2, 0) is 10.0 Å². The number of benzene rings is 1. The largest absolute Gasteiger partial charge is 0.478 e. The number of sulfonamides is 1. The summed E-state index contributed by atoms with van der Waals surface area (Å²) >= 11 is 11.7. The van der Waals surface area contributed by atoms with Crippen LogP contribution in [0.2, 0.25) is 10.0 Å². The zero-order valence-electron chi connectivity index (χ0n) is 12.1. The predicted molar refractivity (Wildman–Crippen MR) is 82.7 cm³/mol. The van der Waals surface area contributed by atoms with Crippen LogP contribution in [0.5, 0.6) is 0 Å². The van der Waals surface area contributed by atoms with Crippen molar-refractivity contribution in [1.29, 1.82) is 0 Å². The number of rotatable bonds is 4. The number of carbonyl (C=O) groups is 1. The Morgan fingerprint density at radius 1 is 1.29 bits per heavy atom. The van der Waals surface area contributed by atoms with Gasteiger partial charge in [-0.25, -0.2) is 17.5 Å². The summed E-state index contributed by atoms with van der Waals surface area (Å²) in [7, 11) is -2.51. The van der Waals surface area contributed by atoms with Gasteiger partial charge in [-0.15, -0.1) is 0 Å². The lowest BCUT2D eigenvalue weighted by atomic mass is 9.97. The minimum absolute atomic E-state index is 0.000432. The van der Waals surface area contributed by atoms with Gasteiger partial charge >= 0.3 is 5.97 Å². The molecule has 0 saturated heterocycles. The Balaban J connectivity index is 3.42. The second kappa shape index (κ2) is 6.12. The van der Waals surface area contributed by atoms with E-state index in [0.717, 1.165) is 16.4 Å². The van der Waals surface area contributed by atoms with Crippen LogP contribution in [0.1, 0.15) is 31.1 Å². The molecule has 0 unspecified atom stereocenters. The van der Waals surface area contributed by atoms with Gasteiger partial charge in [-0.1, -0.05) is 44.0 Å². The highest BCUT2D eigenvalue weighted by Gasteiger charge is 2.29. The minimum atomic E-state index is -3.93. The van der Waals surface area contributed by atoms with E-state index in [-0.39, 0.29) is 32.5 Å². The molecule has 1 aromatic rings. The summed E-state index contributed by atoms with van der Waals surface area (Å²) in [4.78, 5) is 10.8. The Morgan fingerprint density at radius 2 is 1.81 bits per heavy atom. The summed E-state index contributed by atoms with van der Waals surface area (Å²) < 4.78 is 26.2. The third kappa shape index (κ3) is 4.32. The standard InChI is InChI=1S/C13H17Cl2NO4S/c1-13(2,3)7-16(4)21(19,20)10-6-8(14)5-9(11(10)15)12(17)18/h5-6H,7H2,1-4H3,(H,17,18). The molecule has 1 aromatic carbocycles. The highest BCUT2D eigenvalue weighted by Crippen LogP contribution is 2.32. The van der Waals surface area contributed by atoms with Gasteiger partial charge in [0.1, 0.15) is 4.90 Å². The van der Waals surface area contributed by atoms with E-state index in [1.54, 1.807) is 0 Å². The van der Waals surface area contributed by atoms with Crippen molar-refractivity contribution >= 4 is 39.2 Å². The normalized spacial score (nSPS) is 12.7. The van der Waals surface area contributed by atoms with Gasteiger partial charge in [-0.3, -0.25) is 0 Å². The van der Waals surface area contributed by atoms with Gasteiger partial charge in [0.15, 0.2) is 0 Å². The second-order valence-corrected chi connectivity index (χ2v) is 8.72. The smallest absolute Gasteiger partial charge is 0.337 e. The highest BCUT2D eigenvalue weighted by molar-refractivity contribution is 7.89. The summed E-state index contributed by atoms with van der Waals surface area (Å²) in [6.45, 7) is 5.92. The molecule has 1 N–H and O–H groups in total. The lowest BCUT2D eigenvalue weighted by Crippen LogP contribution is -2.34. The van der Waals surface area contributed by atoms with Crippen molar-refractivity contribution in [3.05, 3.63) is 27.7 Å². The first-order valence-corrected chi connectivity index (χ1v) is 8.24. The summed E-state index contributed by atoms with van der Waals surface area (Å²) in [5.74, 6) is -1.34. The van der Waals surface area contributed by atoms with Crippen molar-refractivity contribution in [3.8, 4) is 0 Å². The van der Waals surface area contributed by atoms with Crippen LogP contribution < -0.4 is 0 Å². The molecule has 8 heteroatoms. The van der Waals surface area contributed by atoms with Crippen LogP contribution in [0.4, 0.5) is 0 Å². The molecule has 5 nitrogen and oxygen atoms in total. The lowest BCUT2D eigenvalue weighted by Gasteiger charge is -2.26. The zero-order chi connectivity index (χ0) is 16.6. The molecule has 0 aliphatic heterocycles. The Bertz CT molecular complexity index is 665. The van der Waals surface area contributed by atoms with Crippen molar-refractivity contribution in [3.63, 3.8) is 0 Å². The Kier molecular flexibility index (Phi) is 5.31. The fraction of sp³-hybridized carbons (Fsp3) is 0.462. The number of halogens is 2. The predicted octanol–water partition coefficient (Wildman–Crippen LogP) is 3.36. The van der Waals surface area contributed by atoms with Crippen LogP contribution in [0, 0.1) is 5.41 Å². The second-order valence-electron chi connectivity index (χ2n) is 5.89. The number of hydrogen-bond acceptors (Lipinski definition) is 3. The highest BCUT2D eigenvalue weighted by atomic mass is 35.5. The maximum Gasteiger partial charge on any atom is 0.337 e. The maximum absolute atomic E-state index is 12.5. The van der Waals surface area contributed by atoms with E-state index >= 15 is 0 Å². The molecule has 0 amide bonds. The molecule has 0 saturated carbocycles. The third-order valence-corrected chi connectivity index (χ3v) is 5.18. The summed E-state index contributed by atoms with van der Waals surface area (Å²) in [6.07, 6.45) is 0. The molecule has 0 atom stereocenters. The quantitative estimate of drug-likeness (QED) is 0.900. The molecule has 0 aliphatic carbocycles. The maximum atomic E-state index is 12.5. The third-order valence-electron chi connectivity index (χ3n) is 2.62. The first-order valence-electron chi connectivity index (χ1n) is 6.05. The van der Waals surface area contributed by atoms with Crippen LogP contribution >= 0.6 is 23.2 Å². The molecule has 0 radical (unpaired) electrons. The first kappa shape index (κ1) is 18.2. The van der Waals surface area contributed by atoms with E-state index in [0.29, 0.717) is 0 Å². The molecule has 0 fully saturated rings. The minimum Gasteiger partial charge on any atom is -0.478 e. The number of carboxylic acids is 1. The fourth-order valence-electron chi connectivity index (χ4n) is 1.83. The molecule has 1 rings (SSSR count). The van der Waals surface area contributed by atoms with Crippen LogP contribution in [0.25, 0.3) is 0 Å². The van der Waals surface area contributed by atoms with Gasteiger partial charge in [0.05, 0.1) is 10.6 Å². The van der Waals surface area contributed by atoms with E-state index in [1.165, 1.54) is 7.05 Å². The Hall–Kier alpha value is -0.820. The van der Waals surface area contributed by atoms with Gasteiger partial charge in [0, 0.05) is 18.6 Å². The van der Waals surface area contributed by atoms with E-state index < -0.39 is 16.0 Å². The van der Waals surface area contributed by atoms with Gasteiger partial charge in [-0.05, 0) is 17.5 Å². The summed E-state index contributed by atoms with van der Waals surface area (Å²) in [5.41, 5.74) is -0.602. The fourth-order valence-corrected chi connectivity index (χ4v) is 4.10. The summed E-state index contributed by atoms with van der Waals surface area (Å²) in [5, 5.41) is 8.71. The molecular formula is C13H17Cl2NO4S. The number of nitrogens with zero attached hydrogens (tertiary/aromatic N) is 1. The number of carboxylic acid groups (broad SMARTS) is 1. The number of hydrogen-bond donors (Lipinski definition) is 1.